The Hall–Kier alpha value is -3.92. The summed E-state index contributed by atoms with van der Waals surface area (Å²) in [6, 6.07) is 20.3. The molecule has 4 nitrogen and oxygen atoms in total. The van der Waals surface area contributed by atoms with Crippen LogP contribution >= 0.6 is 0 Å². The Balaban J connectivity index is 1.37. The van der Waals surface area contributed by atoms with Crippen molar-refractivity contribution < 1.29 is 9.21 Å². The first-order valence-electron chi connectivity index (χ1n) is 11.3. The van der Waals surface area contributed by atoms with E-state index in [2.05, 4.69) is 36.3 Å². The van der Waals surface area contributed by atoms with E-state index in [1.165, 1.54) is 27.6 Å². The van der Waals surface area contributed by atoms with Gasteiger partial charge in [0.1, 0.15) is 5.52 Å². The minimum absolute atomic E-state index is 0.102. The number of carbonyl (C=O) groups excluding carboxylic acids is 1. The van der Waals surface area contributed by atoms with Crippen molar-refractivity contribution in [2.45, 2.75) is 33.6 Å². The van der Waals surface area contributed by atoms with E-state index in [0.717, 1.165) is 46.1 Å². The molecule has 0 unspecified atom stereocenters. The lowest BCUT2D eigenvalue weighted by molar-refractivity contribution is 0.102. The monoisotopic (exact) mass is 432 g/mol. The minimum Gasteiger partial charge on any atom is -0.436 e. The lowest BCUT2D eigenvalue weighted by Gasteiger charge is -2.12. The first-order chi connectivity index (χ1) is 16.0. The number of aromatic nitrogens is 1. The van der Waals surface area contributed by atoms with E-state index in [0.29, 0.717) is 11.5 Å². The van der Waals surface area contributed by atoms with E-state index < -0.39 is 0 Å². The summed E-state index contributed by atoms with van der Waals surface area (Å²) in [4.78, 5) is 18.0. The molecule has 0 radical (unpaired) electrons. The average Bonchev–Trinajstić information content (AvgIpc) is 3.41. The molecule has 0 atom stereocenters. The Morgan fingerprint density at radius 2 is 1.67 bits per heavy atom. The number of carbonyl (C=O) groups is 1. The predicted molar refractivity (Wildman–Crippen MR) is 133 cm³/mol. The molecule has 1 amide bonds. The van der Waals surface area contributed by atoms with Gasteiger partial charge in [-0.25, -0.2) is 4.98 Å². The highest BCUT2D eigenvalue weighted by atomic mass is 16.3. The largest absolute Gasteiger partial charge is 0.436 e. The fourth-order valence-electron chi connectivity index (χ4n) is 4.83. The number of nitrogens with one attached hydrogen (secondary N) is 1. The van der Waals surface area contributed by atoms with E-state index in [9.17, 15) is 4.79 Å². The van der Waals surface area contributed by atoms with Crippen LogP contribution in [0.3, 0.4) is 0 Å². The molecule has 1 aliphatic rings. The molecule has 6 rings (SSSR count). The smallest absolute Gasteiger partial charge is 0.256 e. The molecule has 0 aliphatic heterocycles. The molecule has 1 heterocycles. The van der Waals surface area contributed by atoms with Gasteiger partial charge < -0.3 is 9.73 Å². The fraction of sp³-hybridized carbons (Fsp3) is 0.172. The summed E-state index contributed by atoms with van der Waals surface area (Å²) < 4.78 is 6.04. The van der Waals surface area contributed by atoms with Gasteiger partial charge >= 0.3 is 0 Å². The Labute approximate surface area is 192 Å². The van der Waals surface area contributed by atoms with Crippen LogP contribution < -0.4 is 5.32 Å². The third kappa shape index (κ3) is 3.21. The van der Waals surface area contributed by atoms with Crippen LogP contribution in [0.2, 0.25) is 0 Å². The Kier molecular flexibility index (Phi) is 4.37. The molecule has 162 valence electrons. The zero-order chi connectivity index (χ0) is 22.7. The molecular weight excluding hydrogens is 408 g/mol. The molecule has 1 aliphatic carbocycles. The number of hydrogen-bond donors (Lipinski definition) is 1. The maximum atomic E-state index is 13.3. The first kappa shape index (κ1) is 19.7. The van der Waals surface area contributed by atoms with Gasteiger partial charge in [0, 0.05) is 16.8 Å². The predicted octanol–water partition coefficient (Wildman–Crippen LogP) is 6.92. The summed E-state index contributed by atoms with van der Waals surface area (Å²) in [5, 5.41) is 5.40. The van der Waals surface area contributed by atoms with Crippen LogP contribution in [-0.4, -0.2) is 10.9 Å². The topological polar surface area (TPSA) is 55.1 Å². The van der Waals surface area contributed by atoms with E-state index in [1.54, 1.807) is 0 Å². The number of oxazole rings is 1. The van der Waals surface area contributed by atoms with Gasteiger partial charge in [-0.3, -0.25) is 4.79 Å². The van der Waals surface area contributed by atoms with Crippen molar-refractivity contribution in [2.24, 2.45) is 0 Å². The second-order valence-electron chi connectivity index (χ2n) is 9.02. The second-order valence-corrected chi connectivity index (χ2v) is 9.02. The lowest BCUT2D eigenvalue weighted by Crippen LogP contribution is -2.13. The highest BCUT2D eigenvalue weighted by Gasteiger charge is 2.19. The van der Waals surface area contributed by atoms with E-state index >= 15 is 0 Å². The van der Waals surface area contributed by atoms with Crippen molar-refractivity contribution in [1.82, 2.24) is 4.98 Å². The van der Waals surface area contributed by atoms with Crippen molar-refractivity contribution in [1.29, 1.82) is 0 Å². The molecule has 4 heteroatoms. The molecule has 0 saturated carbocycles. The number of benzene rings is 4. The number of fused-ring (bicyclic) bond motifs is 1. The van der Waals surface area contributed by atoms with Crippen molar-refractivity contribution in [3.8, 4) is 11.5 Å². The van der Waals surface area contributed by atoms with Crippen LogP contribution in [0.15, 0.2) is 65.1 Å². The second kappa shape index (κ2) is 7.31. The lowest BCUT2D eigenvalue weighted by atomic mass is 9.99. The summed E-state index contributed by atoms with van der Waals surface area (Å²) in [5.41, 5.74) is 9.92. The molecule has 0 spiro atoms. The van der Waals surface area contributed by atoms with Crippen LogP contribution in [0.5, 0.6) is 0 Å². The molecule has 0 fully saturated rings. The molecule has 4 aromatic carbocycles. The van der Waals surface area contributed by atoms with Crippen molar-refractivity contribution in [3.63, 3.8) is 0 Å². The molecule has 5 aromatic rings. The van der Waals surface area contributed by atoms with Gasteiger partial charge in [-0.15, -0.1) is 0 Å². The number of hydrogen-bond acceptors (Lipinski definition) is 3. The van der Waals surface area contributed by atoms with Gasteiger partial charge in [0.15, 0.2) is 5.58 Å². The van der Waals surface area contributed by atoms with Gasteiger partial charge in [0.2, 0.25) is 5.89 Å². The quantitative estimate of drug-likeness (QED) is 0.336. The van der Waals surface area contributed by atoms with Crippen LogP contribution in [0.1, 0.15) is 38.2 Å². The van der Waals surface area contributed by atoms with Crippen LogP contribution in [0, 0.1) is 20.8 Å². The van der Waals surface area contributed by atoms with Crippen molar-refractivity contribution >= 4 is 33.5 Å². The zero-order valence-corrected chi connectivity index (χ0v) is 19.0. The van der Waals surface area contributed by atoms with Crippen LogP contribution in [0.25, 0.3) is 33.3 Å². The summed E-state index contributed by atoms with van der Waals surface area (Å²) in [6.45, 7) is 6.13. The Morgan fingerprint density at radius 1 is 0.879 bits per heavy atom. The van der Waals surface area contributed by atoms with Crippen molar-refractivity contribution in [2.75, 3.05) is 5.32 Å². The van der Waals surface area contributed by atoms with Crippen LogP contribution in [0.4, 0.5) is 5.69 Å². The van der Waals surface area contributed by atoms with Crippen LogP contribution in [-0.2, 0) is 12.8 Å². The maximum absolute atomic E-state index is 13.3. The normalized spacial score (nSPS) is 12.6. The Morgan fingerprint density at radius 3 is 2.52 bits per heavy atom. The molecular formula is C29H24N2O2. The van der Waals surface area contributed by atoms with E-state index in [4.69, 9.17) is 4.42 Å². The van der Waals surface area contributed by atoms with Gasteiger partial charge in [-0.1, -0.05) is 30.3 Å². The molecule has 33 heavy (non-hydrogen) atoms. The number of anilines is 1. The average molecular weight is 433 g/mol. The summed E-state index contributed by atoms with van der Waals surface area (Å²) >= 11 is 0. The number of rotatable bonds is 3. The number of nitrogens with zero attached hydrogens (tertiary/aromatic N) is 1. The zero-order valence-electron chi connectivity index (χ0n) is 19.0. The molecule has 1 aromatic heterocycles. The highest BCUT2D eigenvalue weighted by molar-refractivity contribution is 6.14. The SMILES string of the molecule is Cc1cc2nc(-c3ccc(C)c(NC(=O)c4ccc5c6c(cccc46)CC5)c3)oc2cc1C. The fourth-order valence-corrected chi connectivity index (χ4v) is 4.83. The maximum Gasteiger partial charge on any atom is 0.256 e. The van der Waals surface area contributed by atoms with Gasteiger partial charge in [0.05, 0.1) is 0 Å². The first-order valence-corrected chi connectivity index (χ1v) is 11.3. The van der Waals surface area contributed by atoms with E-state index in [-0.39, 0.29) is 5.91 Å². The summed E-state index contributed by atoms with van der Waals surface area (Å²) in [7, 11) is 0. The number of aryl methyl sites for hydroxylation is 5. The summed E-state index contributed by atoms with van der Waals surface area (Å²) in [6.07, 6.45) is 2.09. The van der Waals surface area contributed by atoms with Gasteiger partial charge in [0.25, 0.3) is 5.91 Å². The third-order valence-electron chi connectivity index (χ3n) is 6.86. The highest BCUT2D eigenvalue weighted by Crippen LogP contribution is 2.34. The van der Waals surface area contributed by atoms with Gasteiger partial charge in [-0.2, -0.15) is 0 Å². The van der Waals surface area contributed by atoms with Gasteiger partial charge in [-0.05, 0) is 103 Å². The molecule has 0 saturated heterocycles. The Bertz CT molecular complexity index is 1540. The standard InChI is InChI=1S/C29H24N2O2/c1-16-7-8-21(29-31-25-13-17(2)18(3)14-26(25)33-29)15-24(16)30-28(32)23-12-11-20-10-9-19-5-4-6-22(23)27(19)20/h4-8,11-15H,9-10H2,1-3H3,(H,30,32). The molecule has 0 bridgehead atoms. The summed E-state index contributed by atoms with van der Waals surface area (Å²) in [5.74, 6) is 0.450. The minimum atomic E-state index is -0.102. The third-order valence-corrected chi connectivity index (χ3v) is 6.86. The molecule has 1 N–H and O–H groups in total. The van der Waals surface area contributed by atoms with E-state index in [1.807, 2.05) is 55.5 Å². The number of amides is 1. The van der Waals surface area contributed by atoms with Crippen molar-refractivity contribution in [3.05, 3.63) is 94.0 Å².